The number of amides is 1. The van der Waals surface area contributed by atoms with Crippen molar-refractivity contribution < 1.29 is 14.7 Å². The third-order valence-corrected chi connectivity index (χ3v) is 3.01. The topological polar surface area (TPSA) is 66.4 Å². The van der Waals surface area contributed by atoms with Gasteiger partial charge >= 0.3 is 5.97 Å². The number of hydrogen-bond acceptors (Lipinski definition) is 2. The molecule has 2 aromatic rings. The maximum absolute atomic E-state index is 12.1. The molecule has 0 fully saturated rings. The van der Waals surface area contributed by atoms with Crippen LogP contribution in [0.15, 0.2) is 42.5 Å². The molecule has 2 N–H and O–H groups in total. The lowest BCUT2D eigenvalue weighted by molar-refractivity contribution is 0.0697. The first kappa shape index (κ1) is 13.8. The monoisotopic (exact) mass is 269 g/mol. The summed E-state index contributed by atoms with van der Waals surface area (Å²) in [5.74, 6) is -1.37. The Hall–Kier alpha value is -2.62. The van der Waals surface area contributed by atoms with Crippen molar-refractivity contribution in [2.24, 2.45) is 0 Å². The number of carbonyl (C=O) groups is 2. The van der Waals surface area contributed by atoms with Gasteiger partial charge in [-0.05, 0) is 49.2 Å². The van der Waals surface area contributed by atoms with E-state index in [0.717, 1.165) is 16.8 Å². The third-order valence-electron chi connectivity index (χ3n) is 3.01. The van der Waals surface area contributed by atoms with Crippen molar-refractivity contribution in [1.29, 1.82) is 0 Å². The van der Waals surface area contributed by atoms with E-state index in [1.54, 1.807) is 12.1 Å². The average Bonchev–Trinajstić information content (AvgIpc) is 2.43. The summed E-state index contributed by atoms with van der Waals surface area (Å²) in [5, 5.41) is 11.7. The fraction of sp³-hybridized carbons (Fsp3) is 0.125. The highest BCUT2D eigenvalue weighted by atomic mass is 16.4. The minimum Gasteiger partial charge on any atom is -0.478 e. The van der Waals surface area contributed by atoms with Gasteiger partial charge in [0, 0.05) is 11.3 Å². The number of hydrogen-bond donors (Lipinski definition) is 2. The molecule has 0 bridgehead atoms. The summed E-state index contributed by atoms with van der Waals surface area (Å²) in [5.41, 5.74) is 3.16. The van der Waals surface area contributed by atoms with Crippen LogP contribution >= 0.6 is 0 Å². The number of benzene rings is 2. The normalized spacial score (nSPS) is 10.1. The second-order valence-electron chi connectivity index (χ2n) is 4.66. The summed E-state index contributed by atoms with van der Waals surface area (Å²) in [4.78, 5) is 23.0. The van der Waals surface area contributed by atoms with Crippen molar-refractivity contribution in [3.05, 3.63) is 64.7 Å². The van der Waals surface area contributed by atoms with E-state index in [1.165, 1.54) is 12.1 Å². The molecule has 0 saturated heterocycles. The van der Waals surface area contributed by atoms with Crippen LogP contribution in [0.3, 0.4) is 0 Å². The van der Waals surface area contributed by atoms with Crippen LogP contribution in [0.1, 0.15) is 31.8 Å². The highest BCUT2D eigenvalue weighted by molar-refractivity contribution is 6.05. The molecule has 4 heteroatoms. The number of carbonyl (C=O) groups excluding carboxylic acids is 1. The lowest BCUT2D eigenvalue weighted by Crippen LogP contribution is -2.13. The van der Waals surface area contributed by atoms with E-state index >= 15 is 0 Å². The summed E-state index contributed by atoms with van der Waals surface area (Å²) in [6, 6.07) is 11.7. The molecule has 0 aliphatic rings. The molecule has 0 aromatic heterocycles. The van der Waals surface area contributed by atoms with Gasteiger partial charge in [-0.2, -0.15) is 0 Å². The summed E-state index contributed by atoms with van der Waals surface area (Å²) in [6.07, 6.45) is 0. The highest BCUT2D eigenvalue weighted by Crippen LogP contribution is 2.17. The molecule has 0 aliphatic carbocycles. The lowest BCUT2D eigenvalue weighted by atomic mass is 10.1. The molecule has 4 nitrogen and oxygen atoms in total. The highest BCUT2D eigenvalue weighted by Gasteiger charge is 2.10. The summed E-state index contributed by atoms with van der Waals surface area (Å²) in [7, 11) is 0. The maximum Gasteiger partial charge on any atom is 0.335 e. The molecular weight excluding hydrogens is 254 g/mol. The largest absolute Gasteiger partial charge is 0.478 e. The average molecular weight is 269 g/mol. The standard InChI is InChI=1S/C16H15NO3/c1-10-6-7-11(2)14(8-10)17-15(18)12-4-3-5-13(9-12)16(19)20/h3-9H,1-2H3,(H,17,18)(H,19,20). The van der Waals surface area contributed by atoms with Crippen LogP contribution in [0, 0.1) is 13.8 Å². The minimum absolute atomic E-state index is 0.0959. The van der Waals surface area contributed by atoms with Gasteiger partial charge in [-0.1, -0.05) is 18.2 Å². The van der Waals surface area contributed by atoms with Gasteiger partial charge in [0.2, 0.25) is 0 Å². The zero-order valence-corrected chi connectivity index (χ0v) is 11.3. The Labute approximate surface area is 117 Å². The predicted octanol–water partition coefficient (Wildman–Crippen LogP) is 3.25. The van der Waals surface area contributed by atoms with Crippen molar-refractivity contribution in [2.75, 3.05) is 5.32 Å². The van der Waals surface area contributed by atoms with E-state index in [0.29, 0.717) is 5.56 Å². The van der Waals surface area contributed by atoms with Gasteiger partial charge in [0.05, 0.1) is 5.56 Å². The molecule has 2 rings (SSSR count). The number of aryl methyl sites for hydroxylation is 2. The lowest BCUT2D eigenvalue weighted by Gasteiger charge is -2.09. The number of aromatic carboxylic acids is 1. The smallest absolute Gasteiger partial charge is 0.335 e. The van der Waals surface area contributed by atoms with E-state index in [-0.39, 0.29) is 11.5 Å². The fourth-order valence-electron chi connectivity index (χ4n) is 1.86. The fourth-order valence-corrected chi connectivity index (χ4v) is 1.86. The molecule has 1 amide bonds. The molecule has 0 aliphatic heterocycles. The Morgan fingerprint density at radius 2 is 1.70 bits per heavy atom. The van der Waals surface area contributed by atoms with Crippen molar-refractivity contribution in [3.63, 3.8) is 0 Å². The van der Waals surface area contributed by atoms with E-state index in [4.69, 9.17) is 5.11 Å². The van der Waals surface area contributed by atoms with Crippen LogP contribution in [0.5, 0.6) is 0 Å². The molecular formula is C16H15NO3. The Morgan fingerprint density at radius 1 is 1.00 bits per heavy atom. The Morgan fingerprint density at radius 3 is 2.40 bits per heavy atom. The van der Waals surface area contributed by atoms with Gasteiger partial charge in [-0.15, -0.1) is 0 Å². The van der Waals surface area contributed by atoms with Crippen LogP contribution in [0.4, 0.5) is 5.69 Å². The van der Waals surface area contributed by atoms with Crippen LogP contribution in [-0.2, 0) is 0 Å². The van der Waals surface area contributed by atoms with Crippen LogP contribution < -0.4 is 5.32 Å². The second-order valence-corrected chi connectivity index (χ2v) is 4.66. The number of carboxylic acids is 1. The van der Waals surface area contributed by atoms with Crippen molar-refractivity contribution >= 4 is 17.6 Å². The Balaban J connectivity index is 2.26. The molecule has 20 heavy (non-hydrogen) atoms. The second kappa shape index (κ2) is 5.57. The molecule has 0 spiro atoms. The van der Waals surface area contributed by atoms with Crippen LogP contribution in [0.25, 0.3) is 0 Å². The first-order chi connectivity index (χ1) is 9.47. The van der Waals surface area contributed by atoms with Gasteiger partial charge in [0.25, 0.3) is 5.91 Å². The first-order valence-electron chi connectivity index (χ1n) is 6.19. The Bertz CT molecular complexity index is 677. The first-order valence-corrected chi connectivity index (χ1v) is 6.19. The predicted molar refractivity (Wildman–Crippen MR) is 77.3 cm³/mol. The van der Waals surface area contributed by atoms with Gasteiger partial charge in [-0.3, -0.25) is 4.79 Å². The zero-order chi connectivity index (χ0) is 14.7. The minimum atomic E-state index is -1.05. The molecule has 2 aromatic carbocycles. The summed E-state index contributed by atoms with van der Waals surface area (Å²) < 4.78 is 0. The van der Waals surface area contributed by atoms with Gasteiger partial charge in [0.1, 0.15) is 0 Å². The van der Waals surface area contributed by atoms with Crippen molar-refractivity contribution in [2.45, 2.75) is 13.8 Å². The molecule has 0 saturated carbocycles. The molecule has 0 atom stereocenters. The van der Waals surface area contributed by atoms with E-state index in [9.17, 15) is 9.59 Å². The van der Waals surface area contributed by atoms with Crippen molar-refractivity contribution in [3.8, 4) is 0 Å². The van der Waals surface area contributed by atoms with E-state index < -0.39 is 5.97 Å². The molecule has 102 valence electrons. The SMILES string of the molecule is Cc1ccc(C)c(NC(=O)c2cccc(C(=O)O)c2)c1. The molecule has 0 unspecified atom stereocenters. The number of rotatable bonds is 3. The van der Waals surface area contributed by atoms with Gasteiger partial charge in [-0.25, -0.2) is 4.79 Å². The molecule has 0 heterocycles. The number of carboxylic acid groups (broad SMARTS) is 1. The maximum atomic E-state index is 12.1. The van der Waals surface area contributed by atoms with Gasteiger partial charge < -0.3 is 10.4 Å². The third kappa shape index (κ3) is 3.03. The summed E-state index contributed by atoms with van der Waals surface area (Å²) >= 11 is 0. The quantitative estimate of drug-likeness (QED) is 0.898. The summed E-state index contributed by atoms with van der Waals surface area (Å²) in [6.45, 7) is 3.85. The van der Waals surface area contributed by atoms with E-state index in [2.05, 4.69) is 5.32 Å². The van der Waals surface area contributed by atoms with Crippen molar-refractivity contribution in [1.82, 2.24) is 0 Å². The number of anilines is 1. The van der Waals surface area contributed by atoms with E-state index in [1.807, 2.05) is 32.0 Å². The molecule has 0 radical (unpaired) electrons. The zero-order valence-electron chi connectivity index (χ0n) is 11.3. The van der Waals surface area contributed by atoms with Crippen LogP contribution in [-0.4, -0.2) is 17.0 Å². The van der Waals surface area contributed by atoms with Gasteiger partial charge in [0.15, 0.2) is 0 Å². The van der Waals surface area contributed by atoms with Crippen LogP contribution in [0.2, 0.25) is 0 Å². The Kier molecular flexibility index (Phi) is 3.84. The number of nitrogens with one attached hydrogen (secondary N) is 1.